The number of nitrogens with zero attached hydrogens (tertiary/aromatic N) is 1. The second-order valence-electron chi connectivity index (χ2n) is 7.39. The van der Waals surface area contributed by atoms with E-state index in [1.165, 1.54) is 11.8 Å². The Morgan fingerprint density at radius 3 is 2.57 bits per heavy atom. The van der Waals surface area contributed by atoms with E-state index in [1.54, 1.807) is 0 Å². The van der Waals surface area contributed by atoms with E-state index in [-0.39, 0.29) is 28.9 Å². The normalized spacial score (nSPS) is 20.5. The summed E-state index contributed by atoms with van der Waals surface area (Å²) in [5.74, 6) is 1.60. The van der Waals surface area contributed by atoms with Crippen molar-refractivity contribution in [3.05, 3.63) is 45.7 Å². The van der Waals surface area contributed by atoms with Crippen LogP contribution in [0.25, 0.3) is 0 Å². The Morgan fingerprint density at radius 1 is 1.18 bits per heavy atom. The zero-order valence-electron chi connectivity index (χ0n) is 16.1. The first-order valence-electron chi connectivity index (χ1n) is 9.63. The monoisotopic (exact) mass is 403 g/mol. The molecule has 2 aliphatic rings. The molecule has 2 aromatic rings. The predicted molar refractivity (Wildman–Crippen MR) is 109 cm³/mol. The van der Waals surface area contributed by atoms with E-state index >= 15 is 0 Å². The number of H-pyrrole nitrogens is 1. The molecule has 1 fully saturated rings. The molecule has 0 saturated carbocycles. The zero-order chi connectivity index (χ0) is 19.7. The molecule has 2 N–H and O–H groups in total. The fourth-order valence-electron chi connectivity index (χ4n) is 3.72. The molecule has 8 heteroatoms. The number of anilines is 1. The van der Waals surface area contributed by atoms with Gasteiger partial charge >= 0.3 is 0 Å². The highest BCUT2D eigenvalue weighted by Crippen LogP contribution is 2.41. The molecule has 7 nitrogen and oxygen atoms in total. The van der Waals surface area contributed by atoms with Gasteiger partial charge in [-0.2, -0.15) is 0 Å². The van der Waals surface area contributed by atoms with Crippen LogP contribution < -0.4 is 15.6 Å². The van der Waals surface area contributed by atoms with E-state index in [9.17, 15) is 9.59 Å². The zero-order valence-corrected chi connectivity index (χ0v) is 16.9. The number of aromatic amines is 1. The lowest BCUT2D eigenvalue weighted by Gasteiger charge is -2.25. The van der Waals surface area contributed by atoms with Crippen molar-refractivity contribution in [3.8, 4) is 5.75 Å². The highest BCUT2D eigenvalue weighted by Gasteiger charge is 2.32. The van der Waals surface area contributed by atoms with Crippen LogP contribution in [0.2, 0.25) is 0 Å². The van der Waals surface area contributed by atoms with Crippen LogP contribution in [-0.4, -0.2) is 40.8 Å². The van der Waals surface area contributed by atoms with E-state index in [4.69, 9.17) is 9.47 Å². The second-order valence-corrected chi connectivity index (χ2v) is 8.49. The minimum atomic E-state index is -0.216. The molecule has 0 aliphatic carbocycles. The number of carbonyl (C=O) groups is 1. The number of ether oxygens (including phenoxy) is 2. The van der Waals surface area contributed by atoms with Gasteiger partial charge in [-0.05, 0) is 44.4 Å². The Labute approximate surface area is 167 Å². The van der Waals surface area contributed by atoms with Crippen molar-refractivity contribution in [2.45, 2.75) is 44.1 Å². The minimum Gasteiger partial charge on any atom is -0.491 e. The maximum atomic E-state index is 12.9. The van der Waals surface area contributed by atoms with Gasteiger partial charge in [0.05, 0.1) is 28.7 Å². The summed E-state index contributed by atoms with van der Waals surface area (Å²) in [7, 11) is 0. The van der Waals surface area contributed by atoms with Crippen LogP contribution in [0, 0.1) is 0 Å². The number of nitrogens with one attached hydrogen (secondary N) is 2. The molecule has 1 amide bonds. The molecular weight excluding hydrogens is 378 g/mol. The maximum Gasteiger partial charge on any atom is 0.270 e. The molecule has 1 unspecified atom stereocenters. The Hall–Kier alpha value is -2.19. The van der Waals surface area contributed by atoms with Gasteiger partial charge in [-0.25, -0.2) is 0 Å². The summed E-state index contributed by atoms with van der Waals surface area (Å²) in [5, 5.41) is 5.70. The number of rotatable bonds is 4. The topological polar surface area (TPSA) is 85.4 Å². The van der Waals surface area contributed by atoms with Crippen molar-refractivity contribution in [3.63, 3.8) is 0 Å². The Balaban J connectivity index is 1.72. The summed E-state index contributed by atoms with van der Waals surface area (Å²) in [4.78, 5) is 25.2. The molecule has 0 radical (unpaired) electrons. The smallest absolute Gasteiger partial charge is 0.270 e. The molecule has 1 aromatic carbocycles. The number of carbonyl (C=O) groups excluding carboxylic acids is 1. The highest BCUT2D eigenvalue weighted by atomic mass is 32.2. The van der Waals surface area contributed by atoms with Gasteiger partial charge in [-0.3, -0.25) is 19.4 Å². The third kappa shape index (κ3) is 3.84. The molecule has 4 rings (SSSR count). The SMILES string of the molecule is CC(C)Oc1ccc(C2SCC(=O)Nc3c2c(=O)[nH]n3C2CCOCC2)cc1. The number of hydrogen-bond donors (Lipinski definition) is 2. The molecule has 0 bridgehead atoms. The van der Waals surface area contributed by atoms with Gasteiger partial charge in [0.15, 0.2) is 0 Å². The van der Waals surface area contributed by atoms with E-state index in [0.717, 1.165) is 24.2 Å². The van der Waals surface area contributed by atoms with Gasteiger partial charge in [0.2, 0.25) is 5.91 Å². The van der Waals surface area contributed by atoms with Crippen LogP contribution in [0.5, 0.6) is 5.75 Å². The first kappa shape index (κ1) is 19.1. The number of hydrogen-bond acceptors (Lipinski definition) is 5. The molecule has 0 spiro atoms. The lowest BCUT2D eigenvalue weighted by atomic mass is 10.1. The van der Waals surface area contributed by atoms with Gasteiger partial charge in [0.25, 0.3) is 5.56 Å². The van der Waals surface area contributed by atoms with E-state index in [1.807, 2.05) is 42.8 Å². The van der Waals surface area contributed by atoms with Gasteiger partial charge in [0.1, 0.15) is 11.6 Å². The van der Waals surface area contributed by atoms with Crippen molar-refractivity contribution in [2.24, 2.45) is 0 Å². The van der Waals surface area contributed by atoms with E-state index in [2.05, 4.69) is 10.4 Å². The average Bonchev–Trinajstić information content (AvgIpc) is 2.89. The minimum absolute atomic E-state index is 0.0895. The molecule has 28 heavy (non-hydrogen) atoms. The van der Waals surface area contributed by atoms with Gasteiger partial charge in [-0.15, -0.1) is 11.8 Å². The van der Waals surface area contributed by atoms with Crippen LogP contribution in [0.1, 0.15) is 49.1 Å². The van der Waals surface area contributed by atoms with Crippen LogP contribution in [0.4, 0.5) is 5.82 Å². The summed E-state index contributed by atoms with van der Waals surface area (Å²) >= 11 is 1.47. The van der Waals surface area contributed by atoms with Crippen molar-refractivity contribution in [1.82, 2.24) is 9.78 Å². The fraction of sp³-hybridized carbons (Fsp3) is 0.500. The van der Waals surface area contributed by atoms with Crippen molar-refractivity contribution in [1.29, 1.82) is 0 Å². The van der Waals surface area contributed by atoms with Gasteiger partial charge < -0.3 is 14.8 Å². The molecule has 3 heterocycles. The molecule has 1 aromatic heterocycles. The predicted octanol–water partition coefficient (Wildman–Crippen LogP) is 3.09. The van der Waals surface area contributed by atoms with E-state index < -0.39 is 0 Å². The summed E-state index contributed by atoms with van der Waals surface area (Å²) < 4.78 is 13.0. The van der Waals surface area contributed by atoms with E-state index in [0.29, 0.717) is 30.3 Å². The van der Waals surface area contributed by atoms with Crippen LogP contribution in [0.3, 0.4) is 0 Å². The molecular formula is C20H25N3O4S. The summed E-state index contributed by atoms with van der Waals surface area (Å²) in [5.41, 5.74) is 1.44. The van der Waals surface area contributed by atoms with Crippen molar-refractivity contribution >= 4 is 23.5 Å². The largest absolute Gasteiger partial charge is 0.491 e. The van der Waals surface area contributed by atoms with Gasteiger partial charge in [-0.1, -0.05) is 12.1 Å². The number of aromatic nitrogens is 2. The summed E-state index contributed by atoms with van der Waals surface area (Å²) in [6.07, 6.45) is 1.72. The Kier molecular flexibility index (Phi) is 5.50. The van der Waals surface area contributed by atoms with Gasteiger partial charge in [0, 0.05) is 13.2 Å². The summed E-state index contributed by atoms with van der Waals surface area (Å²) in [6, 6.07) is 7.90. The number of fused-ring (bicyclic) bond motifs is 1. The first-order chi connectivity index (χ1) is 13.5. The van der Waals surface area contributed by atoms with Crippen LogP contribution >= 0.6 is 11.8 Å². The Bertz CT molecular complexity index is 897. The van der Waals surface area contributed by atoms with Crippen LogP contribution in [0.15, 0.2) is 29.1 Å². The summed E-state index contributed by atoms with van der Waals surface area (Å²) in [6.45, 7) is 5.28. The second kappa shape index (κ2) is 8.05. The van der Waals surface area contributed by atoms with Crippen molar-refractivity contribution < 1.29 is 14.3 Å². The molecule has 1 atom stereocenters. The standard InChI is InChI=1S/C20H25N3O4S/c1-12(2)27-15-5-3-13(4-6-15)18-17-19(21-16(24)11-28-18)23(22-20(17)25)14-7-9-26-10-8-14/h3-6,12,14,18H,7-11H2,1-2H3,(H,21,24)(H,22,25). The molecule has 150 valence electrons. The average molecular weight is 404 g/mol. The third-order valence-electron chi connectivity index (χ3n) is 4.97. The number of amides is 1. The fourth-order valence-corrected chi connectivity index (χ4v) is 4.84. The maximum absolute atomic E-state index is 12.9. The quantitative estimate of drug-likeness (QED) is 0.819. The number of benzene rings is 1. The lowest BCUT2D eigenvalue weighted by molar-refractivity contribution is -0.113. The third-order valence-corrected chi connectivity index (χ3v) is 6.24. The number of thioether (sulfide) groups is 1. The van der Waals surface area contributed by atoms with Crippen molar-refractivity contribution in [2.75, 3.05) is 24.3 Å². The lowest BCUT2D eigenvalue weighted by Crippen LogP contribution is -2.24. The first-order valence-corrected chi connectivity index (χ1v) is 10.7. The Morgan fingerprint density at radius 2 is 1.89 bits per heavy atom. The molecule has 1 saturated heterocycles. The van der Waals surface area contributed by atoms with Crippen LogP contribution in [-0.2, 0) is 9.53 Å². The highest BCUT2D eigenvalue weighted by molar-refractivity contribution is 8.00. The molecule has 2 aliphatic heterocycles.